The van der Waals surface area contributed by atoms with Crippen molar-refractivity contribution >= 4 is 55.8 Å². The van der Waals surface area contributed by atoms with Gasteiger partial charge in [0, 0.05) is 15.6 Å². The molecule has 1 saturated heterocycles. The van der Waals surface area contributed by atoms with Gasteiger partial charge in [0.1, 0.15) is 23.7 Å². The number of nitrogens with one attached hydrogen (secondary N) is 1. The lowest BCUT2D eigenvalue weighted by Crippen LogP contribution is -2.53. The molecule has 1 aliphatic heterocycles. The van der Waals surface area contributed by atoms with Gasteiger partial charge < -0.3 is 14.2 Å². The zero-order valence-corrected chi connectivity index (χ0v) is 25.5. The van der Waals surface area contributed by atoms with Crippen LogP contribution in [0, 0.1) is 5.82 Å². The number of benzene rings is 3. The van der Waals surface area contributed by atoms with E-state index < -0.39 is 23.7 Å². The maximum absolute atomic E-state index is 14.2. The van der Waals surface area contributed by atoms with E-state index in [-0.39, 0.29) is 24.5 Å². The van der Waals surface area contributed by atoms with Crippen molar-refractivity contribution in [3.63, 3.8) is 0 Å². The van der Waals surface area contributed by atoms with Crippen molar-refractivity contribution in [1.82, 2.24) is 10.2 Å². The molecule has 0 spiro atoms. The lowest BCUT2D eigenvalue weighted by molar-refractivity contribution is -0.130. The van der Waals surface area contributed by atoms with Gasteiger partial charge in [0.05, 0.1) is 24.2 Å². The van der Waals surface area contributed by atoms with Crippen LogP contribution in [-0.4, -0.2) is 36.0 Å². The molecule has 0 aromatic heterocycles. The molecule has 1 N–H and O–H groups in total. The summed E-state index contributed by atoms with van der Waals surface area (Å²) in [5, 5.41) is 2.23. The number of rotatable bonds is 11. The molecule has 3 aromatic carbocycles. The zero-order valence-electron chi connectivity index (χ0n) is 22.3. The Kier molecular flexibility index (Phi) is 10.2. The monoisotopic (exact) mass is 688 g/mol. The molecule has 11 heteroatoms. The Labute approximate surface area is 253 Å². The van der Waals surface area contributed by atoms with Gasteiger partial charge in [-0.05, 0) is 71.2 Å². The third-order valence-electron chi connectivity index (χ3n) is 5.96. The van der Waals surface area contributed by atoms with E-state index in [4.69, 9.17) is 14.2 Å². The predicted molar refractivity (Wildman–Crippen MR) is 158 cm³/mol. The van der Waals surface area contributed by atoms with Crippen LogP contribution in [0.5, 0.6) is 17.2 Å². The summed E-state index contributed by atoms with van der Waals surface area (Å²) in [4.78, 5) is 40.0. The first kappa shape index (κ1) is 30.3. The van der Waals surface area contributed by atoms with Gasteiger partial charge in [-0.25, -0.2) is 9.18 Å². The van der Waals surface area contributed by atoms with E-state index >= 15 is 0 Å². The largest absolute Gasteiger partial charge is 0.490 e. The Balaban J connectivity index is 1.63. The van der Waals surface area contributed by atoms with Gasteiger partial charge in [-0.1, -0.05) is 47.1 Å². The fraction of sp³-hybridized carbons (Fsp3) is 0.233. The minimum absolute atomic E-state index is 0.0893. The van der Waals surface area contributed by atoms with Gasteiger partial charge in [-0.3, -0.25) is 19.8 Å². The molecule has 1 aliphatic rings. The van der Waals surface area contributed by atoms with Crippen LogP contribution in [-0.2, 0) is 22.7 Å². The Bertz CT molecular complexity index is 1510. The highest BCUT2D eigenvalue weighted by molar-refractivity contribution is 9.11. The second-order valence-corrected chi connectivity index (χ2v) is 10.7. The van der Waals surface area contributed by atoms with Crippen molar-refractivity contribution in [2.24, 2.45) is 0 Å². The van der Waals surface area contributed by atoms with E-state index in [1.807, 2.05) is 13.8 Å². The normalized spacial score (nSPS) is 14.3. The molecule has 1 heterocycles. The van der Waals surface area contributed by atoms with E-state index in [9.17, 15) is 18.8 Å². The second-order valence-electron chi connectivity index (χ2n) is 8.96. The summed E-state index contributed by atoms with van der Waals surface area (Å²) in [6.45, 7) is 4.55. The SMILES string of the molecule is CCCOc1ccc(CN2C(=O)NC(=O)/C(=C\c3cc(Br)cc(Br)c3OCc3ccccc3F)C2=O)cc1OCC. The smallest absolute Gasteiger partial charge is 0.331 e. The van der Waals surface area contributed by atoms with Crippen molar-refractivity contribution in [3.05, 3.63) is 91.6 Å². The number of ether oxygens (including phenoxy) is 3. The molecule has 0 radical (unpaired) electrons. The number of amides is 4. The number of imide groups is 2. The van der Waals surface area contributed by atoms with E-state index in [1.165, 1.54) is 12.1 Å². The first-order valence-corrected chi connectivity index (χ1v) is 14.4. The van der Waals surface area contributed by atoms with Gasteiger partial charge in [0.25, 0.3) is 11.8 Å². The van der Waals surface area contributed by atoms with Crippen LogP contribution in [0.25, 0.3) is 6.08 Å². The molecule has 4 rings (SSSR count). The highest BCUT2D eigenvalue weighted by Gasteiger charge is 2.36. The van der Waals surface area contributed by atoms with E-state index in [2.05, 4.69) is 37.2 Å². The van der Waals surface area contributed by atoms with Gasteiger partial charge in [-0.15, -0.1) is 0 Å². The van der Waals surface area contributed by atoms with Crippen molar-refractivity contribution in [3.8, 4) is 17.2 Å². The minimum Gasteiger partial charge on any atom is -0.490 e. The van der Waals surface area contributed by atoms with Gasteiger partial charge >= 0.3 is 6.03 Å². The molecule has 0 atom stereocenters. The number of hydrogen-bond donors (Lipinski definition) is 1. The standard InChI is InChI=1S/C30H27Br2FN2O6/c1-3-11-40-25-10-9-18(12-26(25)39-4-2)16-35-29(37)22(28(36)34-30(35)38)14-20-13-21(31)15-23(32)27(20)41-17-19-7-5-6-8-24(19)33/h5-10,12-15H,3-4,11,16-17H2,1-2H3,(H,34,36,38)/b22-14+. The van der Waals surface area contributed by atoms with Crippen molar-refractivity contribution in [1.29, 1.82) is 0 Å². The molecule has 1 fully saturated rings. The van der Waals surface area contributed by atoms with Crippen molar-refractivity contribution in [2.45, 2.75) is 33.4 Å². The Hall–Kier alpha value is -3.70. The van der Waals surface area contributed by atoms with E-state index in [0.29, 0.717) is 50.3 Å². The van der Waals surface area contributed by atoms with Crippen molar-refractivity contribution in [2.75, 3.05) is 13.2 Å². The van der Waals surface area contributed by atoms with Gasteiger partial charge in [0.15, 0.2) is 11.5 Å². The number of hydrogen-bond acceptors (Lipinski definition) is 6. The number of barbiturate groups is 1. The molecular weight excluding hydrogens is 663 g/mol. The molecular formula is C30H27Br2FN2O6. The Morgan fingerprint density at radius 3 is 2.46 bits per heavy atom. The number of nitrogens with zero attached hydrogens (tertiary/aromatic N) is 1. The van der Waals surface area contributed by atoms with Crippen LogP contribution in [0.2, 0.25) is 0 Å². The molecule has 3 aromatic rings. The maximum Gasteiger partial charge on any atom is 0.331 e. The number of urea groups is 1. The van der Waals surface area contributed by atoms with Gasteiger partial charge in [-0.2, -0.15) is 0 Å². The Morgan fingerprint density at radius 1 is 0.951 bits per heavy atom. The quantitative estimate of drug-likeness (QED) is 0.176. The molecule has 0 unspecified atom stereocenters. The fourth-order valence-electron chi connectivity index (χ4n) is 4.03. The second kappa shape index (κ2) is 13.8. The lowest BCUT2D eigenvalue weighted by atomic mass is 10.1. The third kappa shape index (κ3) is 7.34. The van der Waals surface area contributed by atoms with Crippen LogP contribution in [0.1, 0.15) is 37.0 Å². The number of halogens is 3. The van der Waals surface area contributed by atoms with E-state index in [1.54, 1.807) is 48.5 Å². The van der Waals surface area contributed by atoms with Gasteiger partial charge in [0.2, 0.25) is 0 Å². The summed E-state index contributed by atoms with van der Waals surface area (Å²) in [6.07, 6.45) is 2.17. The Morgan fingerprint density at radius 2 is 1.73 bits per heavy atom. The average Bonchev–Trinajstić information content (AvgIpc) is 2.93. The molecule has 0 aliphatic carbocycles. The summed E-state index contributed by atoms with van der Waals surface area (Å²) >= 11 is 6.85. The summed E-state index contributed by atoms with van der Waals surface area (Å²) in [5.41, 5.74) is 1.04. The minimum atomic E-state index is -0.842. The number of carbonyl (C=O) groups is 3. The summed E-state index contributed by atoms with van der Waals surface area (Å²) < 4.78 is 32.7. The number of carbonyl (C=O) groups excluding carboxylic acids is 3. The molecule has 214 valence electrons. The van der Waals surface area contributed by atoms with Crippen LogP contribution < -0.4 is 19.5 Å². The highest BCUT2D eigenvalue weighted by atomic mass is 79.9. The fourth-order valence-corrected chi connectivity index (χ4v) is 5.40. The third-order valence-corrected chi connectivity index (χ3v) is 7.01. The zero-order chi connectivity index (χ0) is 29.5. The first-order valence-electron chi connectivity index (χ1n) is 12.8. The van der Waals surface area contributed by atoms with Crippen LogP contribution in [0.3, 0.4) is 0 Å². The van der Waals surface area contributed by atoms with E-state index in [0.717, 1.165) is 11.3 Å². The van der Waals surface area contributed by atoms with Crippen LogP contribution in [0.15, 0.2) is 69.1 Å². The molecule has 0 bridgehead atoms. The van der Waals surface area contributed by atoms with Crippen LogP contribution >= 0.6 is 31.9 Å². The predicted octanol–water partition coefficient (Wildman–Crippen LogP) is 6.78. The summed E-state index contributed by atoms with van der Waals surface area (Å²) in [6, 6.07) is 13.9. The maximum atomic E-state index is 14.2. The topological polar surface area (TPSA) is 94.2 Å². The average molecular weight is 690 g/mol. The van der Waals surface area contributed by atoms with Crippen molar-refractivity contribution < 1.29 is 33.0 Å². The molecule has 41 heavy (non-hydrogen) atoms. The summed E-state index contributed by atoms with van der Waals surface area (Å²) in [5.74, 6) is -0.701. The molecule has 0 saturated carbocycles. The lowest BCUT2D eigenvalue weighted by Gasteiger charge is -2.27. The highest BCUT2D eigenvalue weighted by Crippen LogP contribution is 2.36. The molecule has 8 nitrogen and oxygen atoms in total. The first-order chi connectivity index (χ1) is 19.7. The van der Waals surface area contributed by atoms with Crippen LogP contribution in [0.4, 0.5) is 9.18 Å². The molecule has 4 amide bonds. The summed E-state index contributed by atoms with van der Waals surface area (Å²) in [7, 11) is 0.